The maximum absolute atomic E-state index is 11.8. The molecule has 100 valence electrons. The van der Waals surface area contributed by atoms with Gasteiger partial charge in [-0.2, -0.15) is 0 Å². The predicted octanol–water partition coefficient (Wildman–Crippen LogP) is 2.23. The number of amides is 1. The maximum atomic E-state index is 11.8. The molecule has 0 saturated carbocycles. The second-order valence-corrected chi connectivity index (χ2v) is 4.97. The van der Waals surface area contributed by atoms with E-state index in [9.17, 15) is 9.59 Å². The Morgan fingerprint density at radius 1 is 1.53 bits per heavy atom. The molecule has 2 heterocycles. The Morgan fingerprint density at radius 3 is 2.79 bits per heavy atom. The summed E-state index contributed by atoms with van der Waals surface area (Å²) in [5.41, 5.74) is 0.451. The molecule has 0 fully saturated rings. The van der Waals surface area contributed by atoms with Gasteiger partial charge in [0.05, 0.1) is 18.0 Å². The molecule has 0 spiro atoms. The van der Waals surface area contributed by atoms with Crippen molar-refractivity contribution in [3.8, 4) is 0 Å². The molecule has 0 aliphatic rings. The Hall–Kier alpha value is -2.15. The minimum absolute atomic E-state index is 0.189. The Kier molecular flexibility index (Phi) is 3.66. The van der Waals surface area contributed by atoms with E-state index in [1.54, 1.807) is 26.0 Å². The number of carboxylic acid groups (broad SMARTS) is 1. The molecule has 0 radical (unpaired) electrons. The third kappa shape index (κ3) is 2.82. The number of thiazole rings is 1. The normalized spacial score (nSPS) is 12.1. The van der Waals surface area contributed by atoms with Crippen LogP contribution in [0.25, 0.3) is 0 Å². The number of nitrogens with one attached hydrogen (secondary N) is 1. The van der Waals surface area contributed by atoms with Gasteiger partial charge in [-0.25, -0.2) is 9.78 Å². The van der Waals surface area contributed by atoms with Crippen LogP contribution < -0.4 is 5.32 Å². The highest BCUT2D eigenvalue weighted by atomic mass is 32.1. The lowest BCUT2D eigenvalue weighted by molar-refractivity contribution is 0.0701. The lowest BCUT2D eigenvalue weighted by atomic mass is 10.3. The molecule has 6 nitrogen and oxygen atoms in total. The van der Waals surface area contributed by atoms with E-state index < -0.39 is 5.97 Å². The summed E-state index contributed by atoms with van der Waals surface area (Å²) in [4.78, 5) is 27.1. The van der Waals surface area contributed by atoms with Crippen molar-refractivity contribution < 1.29 is 19.1 Å². The van der Waals surface area contributed by atoms with Gasteiger partial charge in [-0.05, 0) is 26.0 Å². The summed E-state index contributed by atoms with van der Waals surface area (Å²) >= 11 is 1.06. The van der Waals surface area contributed by atoms with E-state index in [4.69, 9.17) is 9.52 Å². The van der Waals surface area contributed by atoms with Gasteiger partial charge in [-0.3, -0.25) is 4.79 Å². The standard InChI is InChI=1S/C12H12N2O4S/c1-6-9(12(16)17)19-11(14-6)7(2)13-10(15)8-4-3-5-18-8/h3-5,7H,1-2H3,(H,13,15)(H,16,17). The van der Waals surface area contributed by atoms with Crippen molar-refractivity contribution >= 4 is 23.2 Å². The van der Waals surface area contributed by atoms with E-state index in [0.717, 1.165) is 11.3 Å². The molecular formula is C12H12N2O4S. The monoisotopic (exact) mass is 280 g/mol. The number of hydrogen-bond donors (Lipinski definition) is 2. The number of hydrogen-bond acceptors (Lipinski definition) is 5. The van der Waals surface area contributed by atoms with Gasteiger partial charge in [-0.15, -0.1) is 11.3 Å². The molecule has 2 aromatic rings. The zero-order valence-electron chi connectivity index (χ0n) is 10.3. The van der Waals surface area contributed by atoms with E-state index in [0.29, 0.717) is 10.7 Å². The predicted molar refractivity (Wildman–Crippen MR) is 68.4 cm³/mol. The van der Waals surface area contributed by atoms with Gasteiger partial charge in [0.1, 0.15) is 9.88 Å². The summed E-state index contributed by atoms with van der Waals surface area (Å²) in [6, 6.07) is 2.79. The first kappa shape index (κ1) is 13.3. The van der Waals surface area contributed by atoms with Crippen molar-refractivity contribution in [3.63, 3.8) is 0 Å². The number of aryl methyl sites for hydroxylation is 1. The number of rotatable bonds is 4. The molecule has 0 aliphatic heterocycles. The molecule has 2 aromatic heterocycles. The number of aromatic nitrogens is 1. The van der Waals surface area contributed by atoms with Crippen LogP contribution in [0.3, 0.4) is 0 Å². The number of carbonyl (C=O) groups is 2. The first-order valence-electron chi connectivity index (χ1n) is 5.54. The van der Waals surface area contributed by atoms with Crippen molar-refractivity contribution in [1.82, 2.24) is 10.3 Å². The van der Waals surface area contributed by atoms with Gasteiger partial charge in [-0.1, -0.05) is 0 Å². The summed E-state index contributed by atoms with van der Waals surface area (Å²) in [5, 5.41) is 12.2. The molecule has 0 aromatic carbocycles. The summed E-state index contributed by atoms with van der Waals surface area (Å²) in [7, 11) is 0. The van der Waals surface area contributed by atoms with Crippen molar-refractivity contribution in [1.29, 1.82) is 0 Å². The summed E-state index contributed by atoms with van der Waals surface area (Å²) < 4.78 is 4.98. The molecule has 1 unspecified atom stereocenters. The molecular weight excluding hydrogens is 268 g/mol. The first-order chi connectivity index (χ1) is 8.99. The molecule has 2 N–H and O–H groups in total. The van der Waals surface area contributed by atoms with Crippen molar-refractivity contribution in [2.75, 3.05) is 0 Å². The van der Waals surface area contributed by atoms with Crippen LogP contribution in [0.1, 0.15) is 43.9 Å². The first-order valence-corrected chi connectivity index (χ1v) is 6.35. The quantitative estimate of drug-likeness (QED) is 0.896. The van der Waals surface area contributed by atoms with E-state index in [2.05, 4.69) is 10.3 Å². The van der Waals surface area contributed by atoms with Crippen molar-refractivity contribution in [2.45, 2.75) is 19.9 Å². The average Bonchev–Trinajstić information content (AvgIpc) is 2.96. The fourth-order valence-electron chi connectivity index (χ4n) is 1.54. The van der Waals surface area contributed by atoms with Crippen LogP contribution in [0.2, 0.25) is 0 Å². The van der Waals surface area contributed by atoms with Crippen molar-refractivity contribution in [3.05, 3.63) is 39.7 Å². The average molecular weight is 280 g/mol. The molecule has 1 atom stereocenters. The van der Waals surface area contributed by atoms with Crippen LogP contribution in [0.5, 0.6) is 0 Å². The van der Waals surface area contributed by atoms with Crippen LogP contribution in [-0.2, 0) is 0 Å². The van der Waals surface area contributed by atoms with E-state index >= 15 is 0 Å². The van der Waals surface area contributed by atoms with Gasteiger partial charge in [0, 0.05) is 0 Å². The molecule has 1 amide bonds. The molecule has 2 rings (SSSR count). The number of aromatic carboxylic acids is 1. The number of carbonyl (C=O) groups excluding carboxylic acids is 1. The SMILES string of the molecule is Cc1nc(C(C)NC(=O)c2ccco2)sc1C(=O)O. The molecule has 0 aliphatic carbocycles. The van der Waals surface area contributed by atoms with Gasteiger partial charge in [0.2, 0.25) is 0 Å². The zero-order valence-corrected chi connectivity index (χ0v) is 11.2. The van der Waals surface area contributed by atoms with Crippen molar-refractivity contribution in [2.24, 2.45) is 0 Å². The maximum Gasteiger partial charge on any atom is 0.347 e. The minimum atomic E-state index is -1.01. The number of carboxylic acids is 1. The van der Waals surface area contributed by atoms with Crippen LogP contribution in [0.15, 0.2) is 22.8 Å². The molecule has 0 saturated heterocycles. The minimum Gasteiger partial charge on any atom is -0.477 e. The summed E-state index contributed by atoms with van der Waals surface area (Å²) in [6.07, 6.45) is 1.41. The Labute approximate surface area is 113 Å². The van der Waals surface area contributed by atoms with Gasteiger partial charge in [0.15, 0.2) is 5.76 Å². The van der Waals surface area contributed by atoms with Crippen LogP contribution in [0, 0.1) is 6.92 Å². The molecule has 0 bridgehead atoms. The van der Waals surface area contributed by atoms with Gasteiger partial charge < -0.3 is 14.8 Å². The lowest BCUT2D eigenvalue weighted by Crippen LogP contribution is -2.26. The zero-order chi connectivity index (χ0) is 14.0. The van der Waals surface area contributed by atoms with E-state index in [1.807, 2.05) is 0 Å². The number of nitrogens with zero attached hydrogens (tertiary/aromatic N) is 1. The van der Waals surface area contributed by atoms with Crippen LogP contribution >= 0.6 is 11.3 Å². The van der Waals surface area contributed by atoms with Crippen LogP contribution in [0.4, 0.5) is 0 Å². The number of furan rings is 1. The van der Waals surface area contributed by atoms with Crippen LogP contribution in [-0.4, -0.2) is 22.0 Å². The largest absolute Gasteiger partial charge is 0.477 e. The highest BCUT2D eigenvalue weighted by Gasteiger charge is 2.20. The Morgan fingerprint density at radius 2 is 2.26 bits per heavy atom. The van der Waals surface area contributed by atoms with E-state index in [-0.39, 0.29) is 22.6 Å². The van der Waals surface area contributed by atoms with E-state index in [1.165, 1.54) is 6.26 Å². The second-order valence-electron chi connectivity index (χ2n) is 3.94. The third-order valence-corrected chi connectivity index (χ3v) is 3.80. The third-order valence-electron chi connectivity index (χ3n) is 2.47. The molecule has 7 heteroatoms. The summed E-state index contributed by atoms with van der Waals surface area (Å²) in [6.45, 7) is 3.37. The Bertz CT molecular complexity index is 603. The summed E-state index contributed by atoms with van der Waals surface area (Å²) in [5.74, 6) is -1.16. The fraction of sp³-hybridized carbons (Fsp3) is 0.250. The second kappa shape index (κ2) is 5.23. The highest BCUT2D eigenvalue weighted by molar-refractivity contribution is 7.13. The Balaban J connectivity index is 2.12. The smallest absolute Gasteiger partial charge is 0.347 e. The van der Waals surface area contributed by atoms with Gasteiger partial charge in [0.25, 0.3) is 5.91 Å². The van der Waals surface area contributed by atoms with Gasteiger partial charge >= 0.3 is 5.97 Å². The molecule has 19 heavy (non-hydrogen) atoms. The highest BCUT2D eigenvalue weighted by Crippen LogP contribution is 2.23. The lowest BCUT2D eigenvalue weighted by Gasteiger charge is -2.09. The topological polar surface area (TPSA) is 92.4 Å². The fourth-order valence-corrected chi connectivity index (χ4v) is 2.45.